The number of halogens is 2. The van der Waals surface area contributed by atoms with E-state index in [0.717, 1.165) is 28.2 Å². The monoisotopic (exact) mass is 494 g/mol. The summed E-state index contributed by atoms with van der Waals surface area (Å²) in [5.74, 6) is -0.883. The van der Waals surface area contributed by atoms with Crippen molar-refractivity contribution in [3.05, 3.63) is 97.9 Å². The number of anilines is 1. The Balaban J connectivity index is 1.86. The van der Waals surface area contributed by atoms with Gasteiger partial charge >= 0.3 is 5.97 Å². The van der Waals surface area contributed by atoms with Crippen molar-refractivity contribution < 1.29 is 14.3 Å². The molecule has 1 aliphatic heterocycles. The van der Waals surface area contributed by atoms with Gasteiger partial charge in [0.25, 0.3) is 5.91 Å². The van der Waals surface area contributed by atoms with Crippen molar-refractivity contribution in [2.24, 2.45) is 0 Å². The third-order valence-electron chi connectivity index (χ3n) is 6.04. The minimum atomic E-state index is -0.568. The quantitative estimate of drug-likeness (QED) is 0.303. The van der Waals surface area contributed by atoms with Gasteiger partial charge in [0.1, 0.15) is 0 Å². The molecule has 0 unspecified atom stereocenters. The van der Waals surface area contributed by atoms with E-state index in [-0.39, 0.29) is 17.1 Å². The maximum absolute atomic E-state index is 13.6. The Kier molecular flexibility index (Phi) is 6.43. The summed E-state index contributed by atoms with van der Waals surface area (Å²) in [4.78, 5) is 27.8. The summed E-state index contributed by atoms with van der Waals surface area (Å²) in [6, 6.07) is 14.9. The lowest BCUT2D eigenvalue weighted by Crippen LogP contribution is -2.24. The summed E-state index contributed by atoms with van der Waals surface area (Å²) in [6.07, 6.45) is 1.75. The number of allylic oxidation sites excluding steroid dienone is 1. The van der Waals surface area contributed by atoms with E-state index < -0.39 is 5.97 Å². The molecule has 34 heavy (non-hydrogen) atoms. The highest BCUT2D eigenvalue weighted by atomic mass is 35.5. The smallest absolute Gasteiger partial charge is 0.340 e. The van der Waals surface area contributed by atoms with Gasteiger partial charge in [-0.15, -0.1) is 0 Å². The molecule has 4 rings (SSSR count). The van der Waals surface area contributed by atoms with Crippen LogP contribution in [0.4, 0.5) is 5.69 Å². The molecular weight excluding hydrogens is 471 g/mol. The summed E-state index contributed by atoms with van der Waals surface area (Å²) >= 11 is 12.5. The van der Waals surface area contributed by atoms with E-state index >= 15 is 0 Å². The van der Waals surface area contributed by atoms with Gasteiger partial charge in [-0.05, 0) is 81.3 Å². The maximum Gasteiger partial charge on any atom is 0.340 e. The molecule has 0 atom stereocenters. The number of amides is 1. The van der Waals surface area contributed by atoms with Gasteiger partial charge in [-0.2, -0.15) is 0 Å². The number of hydrogen-bond acceptors (Lipinski definition) is 3. The van der Waals surface area contributed by atoms with Crippen molar-refractivity contribution in [3.8, 4) is 5.69 Å². The number of aryl methyl sites for hydroxylation is 2. The van der Waals surface area contributed by atoms with Gasteiger partial charge in [-0.25, -0.2) is 4.79 Å². The third-order valence-corrected chi connectivity index (χ3v) is 6.68. The number of esters is 1. The zero-order chi connectivity index (χ0) is 24.7. The number of benzene rings is 2. The first-order valence-corrected chi connectivity index (χ1v) is 11.5. The van der Waals surface area contributed by atoms with Crippen molar-refractivity contribution in [1.29, 1.82) is 0 Å². The van der Waals surface area contributed by atoms with Crippen molar-refractivity contribution in [2.75, 3.05) is 12.0 Å². The molecule has 0 spiro atoms. The van der Waals surface area contributed by atoms with Gasteiger partial charge < -0.3 is 9.30 Å². The molecular formula is C27H24Cl2N2O3. The van der Waals surface area contributed by atoms with Gasteiger partial charge in [-0.1, -0.05) is 35.3 Å². The Labute approximate surface area is 208 Å². The lowest BCUT2D eigenvalue weighted by atomic mass is 10.0. The molecule has 3 aromatic rings. The highest BCUT2D eigenvalue weighted by molar-refractivity contribution is 6.32. The van der Waals surface area contributed by atoms with Gasteiger partial charge in [0.2, 0.25) is 0 Å². The summed E-state index contributed by atoms with van der Waals surface area (Å²) in [7, 11) is 1.31. The Hall–Kier alpha value is -3.28. The average Bonchev–Trinajstić information content (AvgIpc) is 3.21. The lowest BCUT2D eigenvalue weighted by molar-refractivity contribution is -0.136. The number of ether oxygens (including phenoxy) is 1. The van der Waals surface area contributed by atoms with Crippen LogP contribution >= 0.6 is 23.2 Å². The first-order chi connectivity index (χ1) is 16.1. The molecule has 0 fully saturated rings. The summed E-state index contributed by atoms with van der Waals surface area (Å²) in [6.45, 7) is 7.57. The van der Waals surface area contributed by atoms with Crippen LogP contribution in [0.25, 0.3) is 11.8 Å². The molecule has 2 aromatic carbocycles. The molecule has 2 heterocycles. The molecule has 0 saturated carbocycles. The number of methoxy groups -OCH3 is 1. The summed E-state index contributed by atoms with van der Waals surface area (Å²) in [5.41, 5.74) is 6.11. The average molecular weight is 495 g/mol. The van der Waals surface area contributed by atoms with Crippen LogP contribution in [0, 0.1) is 20.8 Å². The Morgan fingerprint density at radius 3 is 2.35 bits per heavy atom. The van der Waals surface area contributed by atoms with Crippen LogP contribution in [0.2, 0.25) is 10.0 Å². The Morgan fingerprint density at radius 2 is 1.71 bits per heavy atom. The molecule has 0 radical (unpaired) electrons. The molecule has 5 nitrogen and oxygen atoms in total. The second-order valence-electron chi connectivity index (χ2n) is 8.23. The molecule has 0 bridgehead atoms. The highest BCUT2D eigenvalue weighted by Crippen LogP contribution is 2.37. The number of hydrogen-bond donors (Lipinski definition) is 0. The minimum absolute atomic E-state index is 0.233. The fourth-order valence-corrected chi connectivity index (χ4v) is 4.67. The van der Waals surface area contributed by atoms with E-state index in [1.165, 1.54) is 12.0 Å². The fourth-order valence-electron chi connectivity index (χ4n) is 4.31. The van der Waals surface area contributed by atoms with Gasteiger partial charge in [0.05, 0.1) is 23.9 Å². The maximum atomic E-state index is 13.6. The van der Waals surface area contributed by atoms with Gasteiger partial charge in [0.15, 0.2) is 0 Å². The normalized spacial score (nSPS) is 15.0. The van der Waals surface area contributed by atoms with E-state index in [4.69, 9.17) is 27.9 Å². The predicted molar refractivity (Wildman–Crippen MR) is 137 cm³/mol. The zero-order valence-corrected chi connectivity index (χ0v) is 21.1. The molecule has 1 aromatic heterocycles. The van der Waals surface area contributed by atoms with Crippen molar-refractivity contribution >= 4 is 46.8 Å². The zero-order valence-electron chi connectivity index (χ0n) is 19.6. The Bertz CT molecular complexity index is 1400. The van der Waals surface area contributed by atoms with E-state index in [9.17, 15) is 9.59 Å². The number of carbonyl (C=O) groups excluding carboxylic acids is 2. The van der Waals surface area contributed by atoms with Crippen LogP contribution in [0.15, 0.2) is 65.4 Å². The minimum Gasteiger partial charge on any atom is -0.465 e. The van der Waals surface area contributed by atoms with Crippen molar-refractivity contribution in [1.82, 2.24) is 4.57 Å². The van der Waals surface area contributed by atoms with Crippen LogP contribution in [0.3, 0.4) is 0 Å². The van der Waals surface area contributed by atoms with E-state index in [2.05, 4.69) is 4.57 Å². The van der Waals surface area contributed by atoms with Crippen LogP contribution in [-0.4, -0.2) is 23.6 Å². The van der Waals surface area contributed by atoms with Crippen LogP contribution in [-0.2, 0) is 14.3 Å². The van der Waals surface area contributed by atoms with Crippen LogP contribution in [0.5, 0.6) is 0 Å². The highest BCUT2D eigenvalue weighted by Gasteiger charge is 2.38. The predicted octanol–water partition coefficient (Wildman–Crippen LogP) is 6.59. The number of nitrogens with zero attached hydrogens (tertiary/aromatic N) is 2. The molecule has 1 amide bonds. The number of carbonyl (C=O) groups is 2. The SMILES string of the molecule is COC(=O)C1=C(C)N(c2ccc(C)c(Cl)c2)C(=O)/C1=C\c1cc(C)n(-c2cccc(Cl)c2)c1C. The van der Waals surface area contributed by atoms with Crippen molar-refractivity contribution in [3.63, 3.8) is 0 Å². The molecule has 1 aliphatic rings. The van der Waals surface area contributed by atoms with Gasteiger partial charge in [0, 0.05) is 32.8 Å². The topological polar surface area (TPSA) is 51.5 Å². The molecule has 0 saturated heterocycles. The summed E-state index contributed by atoms with van der Waals surface area (Å²) in [5, 5.41) is 1.18. The molecule has 0 N–H and O–H groups in total. The number of rotatable bonds is 4. The second-order valence-corrected chi connectivity index (χ2v) is 9.07. The first kappa shape index (κ1) is 23.9. The number of aromatic nitrogens is 1. The second kappa shape index (κ2) is 9.16. The van der Waals surface area contributed by atoms with Crippen LogP contribution in [0.1, 0.15) is 29.4 Å². The van der Waals surface area contributed by atoms with E-state index in [1.807, 2.05) is 63.2 Å². The van der Waals surface area contributed by atoms with Crippen molar-refractivity contribution in [2.45, 2.75) is 27.7 Å². The molecule has 7 heteroatoms. The third kappa shape index (κ3) is 4.06. The fraction of sp³-hybridized carbons (Fsp3) is 0.185. The first-order valence-electron chi connectivity index (χ1n) is 10.7. The summed E-state index contributed by atoms with van der Waals surface area (Å²) < 4.78 is 7.09. The largest absolute Gasteiger partial charge is 0.465 e. The molecule has 174 valence electrons. The van der Waals surface area contributed by atoms with Gasteiger partial charge in [-0.3, -0.25) is 9.69 Å². The van der Waals surface area contributed by atoms with E-state index in [1.54, 1.807) is 19.1 Å². The molecule has 0 aliphatic carbocycles. The van der Waals surface area contributed by atoms with E-state index in [0.29, 0.717) is 21.4 Å². The Morgan fingerprint density at radius 1 is 0.971 bits per heavy atom. The lowest BCUT2D eigenvalue weighted by Gasteiger charge is -2.18. The standard InChI is InChI=1S/C27H24Cl2N2O3/c1-15-9-10-22(14-24(15)29)31-18(4)25(27(33)34-5)23(26(31)32)12-19-11-16(2)30(17(19)3)21-8-6-7-20(28)13-21/h6-14H,1-5H3/b23-12-. The van der Waals surface area contributed by atoms with Crippen LogP contribution < -0.4 is 4.90 Å².